The van der Waals surface area contributed by atoms with Crippen molar-refractivity contribution >= 4 is 74.5 Å². The van der Waals surface area contributed by atoms with Crippen LogP contribution < -0.4 is 14.8 Å². The molecule has 350 valence electrons. The number of piperidine rings is 1. The van der Waals surface area contributed by atoms with E-state index in [1.54, 1.807) is 34.7 Å². The highest BCUT2D eigenvalue weighted by atomic mass is 35.5. The van der Waals surface area contributed by atoms with Gasteiger partial charge in [0.2, 0.25) is 5.91 Å². The monoisotopic (exact) mass is 944 g/mol. The molecule has 0 unspecified atom stereocenters. The van der Waals surface area contributed by atoms with E-state index in [4.69, 9.17) is 21.1 Å². The highest BCUT2D eigenvalue weighted by Gasteiger charge is 2.49. The Labute approximate surface area is 394 Å². The predicted octanol–water partition coefficient (Wildman–Crippen LogP) is 6.11. The topological polar surface area (TPSA) is 185 Å². The molecule has 18 heteroatoms. The molecule has 0 radical (unpaired) electrons. The van der Waals surface area contributed by atoms with E-state index >= 15 is 0 Å². The number of fused-ring (bicyclic) bond motifs is 3. The quantitative estimate of drug-likeness (QED) is 0.0774. The van der Waals surface area contributed by atoms with Crippen molar-refractivity contribution in [3.63, 3.8) is 0 Å². The Balaban J connectivity index is 0.921. The fraction of sp³-hybridized carbons (Fsp3) is 0.320. The predicted molar refractivity (Wildman–Crippen MR) is 249 cm³/mol. The number of carboxylic acids is 1. The summed E-state index contributed by atoms with van der Waals surface area (Å²) < 4.78 is 30.6. The number of carboxylic acid groups (broad SMARTS) is 1. The van der Waals surface area contributed by atoms with Crippen molar-refractivity contribution in [3.05, 3.63) is 111 Å². The molecule has 3 aliphatic heterocycles. The number of hydrogen-bond donors (Lipinski definition) is 2. The molecule has 9 rings (SSSR count). The number of hydrogen-bond acceptors (Lipinski definition) is 10. The first-order chi connectivity index (χ1) is 32.6. The second-order valence-corrected chi connectivity index (χ2v) is 17.6. The Bertz CT molecular complexity index is 3170. The highest BCUT2D eigenvalue weighted by Crippen LogP contribution is 2.42. The van der Waals surface area contributed by atoms with Crippen LogP contribution in [0.1, 0.15) is 74.3 Å². The van der Waals surface area contributed by atoms with Crippen LogP contribution in [-0.2, 0) is 34.4 Å². The first kappa shape index (κ1) is 45.9. The molecule has 68 heavy (non-hydrogen) atoms. The number of imide groups is 2. The fourth-order valence-corrected chi connectivity index (χ4v) is 9.97. The lowest BCUT2D eigenvalue weighted by molar-refractivity contribution is -0.324. The van der Waals surface area contributed by atoms with Crippen molar-refractivity contribution in [2.45, 2.75) is 59.1 Å². The van der Waals surface area contributed by atoms with Gasteiger partial charge in [-0.2, -0.15) is 5.10 Å². The average Bonchev–Trinajstić information content (AvgIpc) is 3.87. The number of aryl methyl sites for hydroxylation is 3. The normalized spacial score (nSPS) is 17.0. The summed E-state index contributed by atoms with van der Waals surface area (Å²) in [6.45, 7) is 8.09. The number of rotatable bonds is 13. The Morgan fingerprint density at radius 1 is 0.897 bits per heavy atom. The van der Waals surface area contributed by atoms with E-state index < -0.39 is 35.7 Å². The third-order valence-electron chi connectivity index (χ3n) is 13.1. The molecule has 2 saturated heterocycles. The fourth-order valence-electron chi connectivity index (χ4n) is 9.72. The van der Waals surface area contributed by atoms with Gasteiger partial charge in [0.1, 0.15) is 28.6 Å². The van der Waals surface area contributed by atoms with Crippen molar-refractivity contribution in [2.75, 3.05) is 39.3 Å². The summed E-state index contributed by atoms with van der Waals surface area (Å²) in [5, 5.41) is 20.5. The molecule has 4 aromatic carbocycles. The van der Waals surface area contributed by atoms with Gasteiger partial charge in [-0.3, -0.25) is 29.3 Å². The standard InChI is InChI=1S/C50H47ClFN7O9/c1-27-41(28(2)55(4)54-27)43-36(51)16-15-34-33(10-7-25-67-38-11-5-8-30-26-31(52)13-14-32(30)38)45(50(65)66)58(44(34)43)24-21-56-19-22-57(23-20-56)47(62)29(3)68-39-12-6-9-35-42(39)49(64)59(48(35)63)37-17-18-40(60)53-46(37)61/h5-6,8-9,11-16,26,29H,7,10,17-25H2,1-4H3,(H-,53,60,61,65,66)/p+1/t29-/m0/s1. The van der Waals surface area contributed by atoms with Gasteiger partial charge in [-0.15, -0.1) is 0 Å². The average molecular weight is 945 g/mol. The van der Waals surface area contributed by atoms with Crippen LogP contribution in [0, 0.1) is 19.7 Å². The van der Waals surface area contributed by atoms with Crippen LogP contribution in [0.25, 0.3) is 32.8 Å². The molecule has 0 spiro atoms. The molecule has 16 nitrogen and oxygen atoms in total. The van der Waals surface area contributed by atoms with Gasteiger partial charge in [0.15, 0.2) is 11.7 Å². The lowest BCUT2D eigenvalue weighted by atomic mass is 9.98. The molecule has 2 fully saturated rings. The minimum Gasteiger partial charge on any atom is -0.493 e. The SMILES string of the molecule is Cc1nn(C)c(C)c1-c1c(Cl)ccc2c(CCCOc3cccc4cc(F)ccc34)c(C(=O)O)n(CCN3CCN(C(=O)[C@H](C)Oc4cccc5c4C(=O)[N+](=C4CCC(=O)NC4=O)C5=O)CC3)c12. The summed E-state index contributed by atoms with van der Waals surface area (Å²) >= 11 is 7.06. The number of aromatic nitrogens is 3. The van der Waals surface area contributed by atoms with Crippen LogP contribution in [0.3, 0.4) is 0 Å². The molecule has 2 aromatic heterocycles. The zero-order valence-corrected chi connectivity index (χ0v) is 38.6. The number of piperazine rings is 1. The lowest BCUT2D eigenvalue weighted by Crippen LogP contribution is -2.52. The summed E-state index contributed by atoms with van der Waals surface area (Å²) in [5.74, 6) is -3.92. The third-order valence-corrected chi connectivity index (χ3v) is 13.4. The van der Waals surface area contributed by atoms with Gasteiger partial charge in [0.25, 0.3) is 11.6 Å². The van der Waals surface area contributed by atoms with Gasteiger partial charge in [0.05, 0.1) is 22.8 Å². The summed E-state index contributed by atoms with van der Waals surface area (Å²) in [6.07, 6.45) is -0.306. The van der Waals surface area contributed by atoms with Gasteiger partial charge in [0, 0.05) is 86.8 Å². The number of carbonyl (C=O) groups is 6. The zero-order chi connectivity index (χ0) is 48.1. The minimum atomic E-state index is -1.09. The van der Waals surface area contributed by atoms with E-state index in [9.17, 15) is 38.3 Å². The number of benzene rings is 4. The molecule has 3 aliphatic rings. The van der Waals surface area contributed by atoms with E-state index in [-0.39, 0.29) is 59.5 Å². The molecule has 2 N–H and O–H groups in total. The van der Waals surface area contributed by atoms with Gasteiger partial charge < -0.3 is 24.0 Å². The highest BCUT2D eigenvalue weighted by molar-refractivity contribution is 6.43. The number of halogens is 2. The number of ether oxygens (including phenoxy) is 2. The maximum atomic E-state index is 14.0. The molecule has 6 aromatic rings. The van der Waals surface area contributed by atoms with Crippen LogP contribution in [0.2, 0.25) is 5.02 Å². The summed E-state index contributed by atoms with van der Waals surface area (Å²) in [6, 6.07) is 18.1. The summed E-state index contributed by atoms with van der Waals surface area (Å²) in [5.41, 5.74) is 4.46. The van der Waals surface area contributed by atoms with Gasteiger partial charge in [-0.25, -0.2) is 18.8 Å². The molecule has 0 saturated carbocycles. The maximum Gasteiger partial charge on any atom is 0.433 e. The van der Waals surface area contributed by atoms with Gasteiger partial charge in [-0.05, 0) is 87.0 Å². The molecular weight excluding hydrogens is 897 g/mol. The first-order valence-electron chi connectivity index (χ1n) is 22.4. The van der Waals surface area contributed by atoms with Crippen LogP contribution in [0.15, 0.2) is 66.7 Å². The number of carbonyl (C=O) groups excluding carboxylic acids is 5. The number of nitrogens with zero attached hydrogens (tertiary/aromatic N) is 6. The Morgan fingerprint density at radius 2 is 1.63 bits per heavy atom. The number of amides is 5. The van der Waals surface area contributed by atoms with Crippen molar-refractivity contribution in [2.24, 2.45) is 7.05 Å². The van der Waals surface area contributed by atoms with Crippen LogP contribution in [0.5, 0.6) is 11.5 Å². The zero-order valence-electron chi connectivity index (χ0n) is 37.9. The first-order valence-corrected chi connectivity index (χ1v) is 22.8. The van der Waals surface area contributed by atoms with Gasteiger partial charge >= 0.3 is 23.7 Å². The summed E-state index contributed by atoms with van der Waals surface area (Å²) in [7, 11) is 1.85. The Kier molecular flexibility index (Phi) is 12.5. The van der Waals surface area contributed by atoms with Crippen LogP contribution in [0.4, 0.5) is 4.39 Å². The number of nitrogens with one attached hydrogen (secondary N) is 1. The van der Waals surface area contributed by atoms with E-state index in [1.165, 1.54) is 30.3 Å². The molecule has 5 heterocycles. The van der Waals surface area contributed by atoms with Crippen LogP contribution >= 0.6 is 11.6 Å². The molecular formula is C50H48ClFN7O9+. The smallest absolute Gasteiger partial charge is 0.433 e. The van der Waals surface area contributed by atoms with Crippen molar-refractivity contribution in [1.29, 1.82) is 0 Å². The lowest BCUT2D eigenvalue weighted by Gasteiger charge is -2.36. The molecule has 0 bridgehead atoms. The van der Waals surface area contributed by atoms with E-state index in [0.717, 1.165) is 32.3 Å². The largest absolute Gasteiger partial charge is 0.493 e. The van der Waals surface area contributed by atoms with Crippen molar-refractivity contribution in [3.8, 4) is 22.6 Å². The second-order valence-electron chi connectivity index (χ2n) is 17.2. The van der Waals surface area contributed by atoms with E-state index in [2.05, 4.69) is 15.3 Å². The van der Waals surface area contributed by atoms with Crippen molar-refractivity contribution < 1.29 is 52.3 Å². The molecule has 1 atom stereocenters. The van der Waals surface area contributed by atoms with Crippen molar-refractivity contribution in [1.82, 2.24) is 29.5 Å². The van der Waals surface area contributed by atoms with E-state index in [0.29, 0.717) is 84.9 Å². The maximum absolute atomic E-state index is 14.0. The second kappa shape index (κ2) is 18.4. The van der Waals surface area contributed by atoms with E-state index in [1.807, 2.05) is 43.7 Å². The Morgan fingerprint density at radius 3 is 2.35 bits per heavy atom. The Hall–Kier alpha value is -7.24. The number of aromatic carboxylic acids is 1. The minimum absolute atomic E-state index is 0.0228. The molecule has 0 aliphatic carbocycles. The van der Waals surface area contributed by atoms with Crippen LogP contribution in [-0.4, -0.2) is 120 Å². The van der Waals surface area contributed by atoms with Gasteiger partial charge in [-0.1, -0.05) is 40.4 Å². The molecule has 5 amide bonds. The third kappa shape index (κ3) is 8.29. The summed E-state index contributed by atoms with van der Waals surface area (Å²) in [4.78, 5) is 82.3.